The van der Waals surface area contributed by atoms with E-state index in [4.69, 9.17) is 10.5 Å². The zero-order valence-electron chi connectivity index (χ0n) is 7.71. The quantitative estimate of drug-likeness (QED) is 0.866. The summed E-state index contributed by atoms with van der Waals surface area (Å²) in [5, 5.41) is 2.50. The first-order valence-corrected chi connectivity index (χ1v) is 4.78. The van der Waals surface area contributed by atoms with Gasteiger partial charge in [-0.3, -0.25) is 0 Å². The van der Waals surface area contributed by atoms with Crippen molar-refractivity contribution < 1.29 is 9.53 Å². The van der Waals surface area contributed by atoms with E-state index in [-0.39, 0.29) is 0 Å². The SMILES string of the molecule is COc1ccc(CNC(N)=O)cc1Br. The number of nitrogens with one attached hydrogen (secondary N) is 1. The minimum atomic E-state index is -0.531. The molecule has 3 N–H and O–H groups in total. The molecule has 0 fully saturated rings. The Morgan fingerprint density at radius 1 is 1.64 bits per heavy atom. The summed E-state index contributed by atoms with van der Waals surface area (Å²) in [6.07, 6.45) is 0. The van der Waals surface area contributed by atoms with Crippen LogP contribution in [0.3, 0.4) is 0 Å². The van der Waals surface area contributed by atoms with Gasteiger partial charge in [0, 0.05) is 6.54 Å². The van der Waals surface area contributed by atoms with Crippen molar-refractivity contribution in [2.24, 2.45) is 5.73 Å². The van der Waals surface area contributed by atoms with Gasteiger partial charge in [-0.15, -0.1) is 0 Å². The Labute approximate surface area is 90.6 Å². The molecule has 0 radical (unpaired) electrons. The molecule has 0 bridgehead atoms. The van der Waals surface area contributed by atoms with E-state index in [1.807, 2.05) is 18.2 Å². The normalized spacial score (nSPS) is 9.57. The van der Waals surface area contributed by atoms with E-state index in [9.17, 15) is 4.79 Å². The van der Waals surface area contributed by atoms with E-state index in [1.165, 1.54) is 0 Å². The number of ether oxygens (including phenoxy) is 1. The second-order valence-electron chi connectivity index (χ2n) is 2.69. The van der Waals surface area contributed by atoms with Crippen LogP contribution in [0, 0.1) is 0 Å². The Morgan fingerprint density at radius 2 is 2.36 bits per heavy atom. The first kappa shape index (κ1) is 10.8. The molecule has 76 valence electrons. The lowest BCUT2D eigenvalue weighted by Crippen LogP contribution is -2.28. The number of carbonyl (C=O) groups excluding carboxylic acids is 1. The molecule has 0 unspecified atom stereocenters. The van der Waals surface area contributed by atoms with Crippen molar-refractivity contribution >= 4 is 22.0 Å². The molecule has 14 heavy (non-hydrogen) atoms. The molecule has 0 saturated carbocycles. The highest BCUT2D eigenvalue weighted by Gasteiger charge is 2.01. The van der Waals surface area contributed by atoms with Crippen LogP contribution < -0.4 is 15.8 Å². The Bertz CT molecular complexity index is 342. The number of hydrogen-bond acceptors (Lipinski definition) is 2. The third kappa shape index (κ3) is 2.92. The lowest BCUT2D eigenvalue weighted by Gasteiger charge is -2.06. The van der Waals surface area contributed by atoms with Gasteiger partial charge in [0.25, 0.3) is 0 Å². The van der Waals surface area contributed by atoms with E-state index < -0.39 is 6.03 Å². The summed E-state index contributed by atoms with van der Waals surface area (Å²) >= 11 is 3.35. The van der Waals surface area contributed by atoms with Crippen LogP contribution in [0.15, 0.2) is 22.7 Å². The summed E-state index contributed by atoms with van der Waals surface area (Å²) in [4.78, 5) is 10.5. The fraction of sp³-hybridized carbons (Fsp3) is 0.222. The zero-order valence-corrected chi connectivity index (χ0v) is 9.30. The minimum absolute atomic E-state index is 0.415. The second kappa shape index (κ2) is 4.85. The molecule has 0 aliphatic heterocycles. The predicted molar refractivity (Wildman–Crippen MR) is 57.1 cm³/mol. The van der Waals surface area contributed by atoms with Gasteiger partial charge >= 0.3 is 6.03 Å². The van der Waals surface area contributed by atoms with Crippen LogP contribution in [0.4, 0.5) is 4.79 Å². The molecule has 0 aliphatic rings. The molecule has 1 aromatic rings. The molecule has 0 aromatic heterocycles. The average Bonchev–Trinajstić information content (AvgIpc) is 2.15. The summed E-state index contributed by atoms with van der Waals surface area (Å²) in [7, 11) is 1.60. The summed E-state index contributed by atoms with van der Waals surface area (Å²) in [5.74, 6) is 0.757. The summed E-state index contributed by atoms with van der Waals surface area (Å²) in [6, 6.07) is 5.02. The summed E-state index contributed by atoms with van der Waals surface area (Å²) in [5.41, 5.74) is 5.90. The smallest absolute Gasteiger partial charge is 0.312 e. The fourth-order valence-corrected chi connectivity index (χ4v) is 1.60. The molecule has 0 heterocycles. The molecule has 2 amide bonds. The second-order valence-corrected chi connectivity index (χ2v) is 3.54. The molecular weight excluding hydrogens is 248 g/mol. The van der Waals surface area contributed by atoms with Crippen LogP contribution in [0.2, 0.25) is 0 Å². The van der Waals surface area contributed by atoms with Crippen molar-refractivity contribution in [1.82, 2.24) is 5.32 Å². The third-order valence-corrected chi connectivity index (χ3v) is 2.30. The van der Waals surface area contributed by atoms with Crippen LogP contribution in [-0.4, -0.2) is 13.1 Å². The van der Waals surface area contributed by atoms with E-state index in [2.05, 4.69) is 21.2 Å². The van der Waals surface area contributed by atoms with Gasteiger partial charge in [0.05, 0.1) is 11.6 Å². The largest absolute Gasteiger partial charge is 0.496 e. The Morgan fingerprint density at radius 3 is 2.86 bits per heavy atom. The molecule has 0 aliphatic carbocycles. The third-order valence-electron chi connectivity index (χ3n) is 1.68. The van der Waals surface area contributed by atoms with E-state index in [1.54, 1.807) is 7.11 Å². The molecule has 1 rings (SSSR count). The number of nitrogens with two attached hydrogens (primary N) is 1. The lowest BCUT2D eigenvalue weighted by molar-refractivity contribution is 0.248. The van der Waals surface area contributed by atoms with Gasteiger partial charge in [-0.25, -0.2) is 4.79 Å². The molecule has 0 atom stereocenters. The maximum Gasteiger partial charge on any atom is 0.312 e. The number of benzene rings is 1. The first-order chi connectivity index (χ1) is 6.63. The average molecular weight is 259 g/mol. The van der Waals surface area contributed by atoms with Crippen molar-refractivity contribution in [3.63, 3.8) is 0 Å². The number of rotatable bonds is 3. The van der Waals surface area contributed by atoms with Crippen LogP contribution in [-0.2, 0) is 6.54 Å². The van der Waals surface area contributed by atoms with Crippen molar-refractivity contribution in [1.29, 1.82) is 0 Å². The number of halogens is 1. The van der Waals surface area contributed by atoms with Gasteiger partial charge in [0.2, 0.25) is 0 Å². The van der Waals surface area contributed by atoms with Crippen molar-refractivity contribution in [3.8, 4) is 5.75 Å². The number of carbonyl (C=O) groups is 1. The maximum atomic E-state index is 10.5. The Balaban J connectivity index is 2.71. The standard InChI is InChI=1S/C9H11BrN2O2/c1-14-8-3-2-6(4-7(8)10)5-12-9(11)13/h2-4H,5H2,1H3,(H3,11,12,13). The number of hydrogen-bond donors (Lipinski definition) is 2. The molecule has 0 saturated heterocycles. The Kier molecular flexibility index (Phi) is 3.76. The zero-order chi connectivity index (χ0) is 10.6. The van der Waals surface area contributed by atoms with E-state index >= 15 is 0 Å². The van der Waals surface area contributed by atoms with Gasteiger partial charge in [-0.1, -0.05) is 6.07 Å². The maximum absolute atomic E-state index is 10.5. The molecular formula is C9H11BrN2O2. The van der Waals surface area contributed by atoms with Crippen LogP contribution in [0.5, 0.6) is 5.75 Å². The topological polar surface area (TPSA) is 64.3 Å². The monoisotopic (exact) mass is 258 g/mol. The van der Waals surface area contributed by atoms with Crippen molar-refractivity contribution in [3.05, 3.63) is 28.2 Å². The predicted octanol–water partition coefficient (Wildman–Crippen LogP) is 1.63. The van der Waals surface area contributed by atoms with Gasteiger partial charge in [-0.2, -0.15) is 0 Å². The highest BCUT2D eigenvalue weighted by molar-refractivity contribution is 9.10. The molecule has 4 nitrogen and oxygen atoms in total. The molecule has 1 aromatic carbocycles. The highest BCUT2D eigenvalue weighted by atomic mass is 79.9. The van der Waals surface area contributed by atoms with Crippen LogP contribution in [0.1, 0.15) is 5.56 Å². The van der Waals surface area contributed by atoms with Crippen molar-refractivity contribution in [2.45, 2.75) is 6.54 Å². The fourth-order valence-electron chi connectivity index (χ4n) is 1.01. The van der Waals surface area contributed by atoms with Gasteiger partial charge in [0.15, 0.2) is 0 Å². The summed E-state index contributed by atoms with van der Waals surface area (Å²) in [6.45, 7) is 0.415. The summed E-state index contributed by atoms with van der Waals surface area (Å²) < 4.78 is 5.92. The van der Waals surface area contributed by atoms with Crippen LogP contribution in [0.25, 0.3) is 0 Å². The van der Waals surface area contributed by atoms with Gasteiger partial charge in [-0.05, 0) is 33.6 Å². The number of urea groups is 1. The minimum Gasteiger partial charge on any atom is -0.496 e. The highest BCUT2D eigenvalue weighted by Crippen LogP contribution is 2.25. The van der Waals surface area contributed by atoms with Gasteiger partial charge in [0.1, 0.15) is 5.75 Å². The van der Waals surface area contributed by atoms with E-state index in [0.717, 1.165) is 15.8 Å². The number of amides is 2. The molecule has 0 spiro atoms. The van der Waals surface area contributed by atoms with E-state index in [0.29, 0.717) is 6.54 Å². The molecule has 5 heteroatoms. The van der Waals surface area contributed by atoms with Gasteiger partial charge < -0.3 is 15.8 Å². The van der Waals surface area contributed by atoms with Crippen molar-refractivity contribution in [2.75, 3.05) is 7.11 Å². The lowest BCUT2D eigenvalue weighted by atomic mass is 10.2. The number of methoxy groups -OCH3 is 1. The number of primary amides is 1. The Hall–Kier alpha value is -1.23. The van der Waals surface area contributed by atoms with Crippen LogP contribution >= 0.6 is 15.9 Å². The first-order valence-electron chi connectivity index (χ1n) is 3.99.